The Bertz CT molecular complexity index is 3680. The predicted molar refractivity (Wildman–Crippen MR) is 264 cm³/mol. The third-order valence-corrected chi connectivity index (χ3v) is 13.3. The van der Waals surface area contributed by atoms with Crippen molar-refractivity contribution in [2.45, 2.75) is 5.41 Å². The summed E-state index contributed by atoms with van der Waals surface area (Å²) >= 11 is 0. The van der Waals surface area contributed by atoms with E-state index >= 15 is 0 Å². The Balaban J connectivity index is 0.940. The highest BCUT2D eigenvalue weighted by Crippen LogP contribution is 2.57. The quantitative estimate of drug-likeness (QED) is 0.160. The fourth-order valence-electron chi connectivity index (χ4n) is 10.5. The first-order chi connectivity index (χ1) is 31.7. The molecule has 2 aromatic heterocycles. The molecule has 10 aromatic carbocycles. The van der Waals surface area contributed by atoms with E-state index in [4.69, 9.17) is 8.83 Å². The van der Waals surface area contributed by atoms with Gasteiger partial charge in [0.25, 0.3) is 0 Å². The Morgan fingerprint density at radius 1 is 0.312 bits per heavy atom. The highest BCUT2D eigenvalue weighted by atomic mass is 16.3. The van der Waals surface area contributed by atoms with E-state index in [9.17, 15) is 0 Å². The van der Waals surface area contributed by atoms with Gasteiger partial charge in [0, 0.05) is 38.8 Å². The molecule has 0 amide bonds. The molecule has 3 heteroatoms. The van der Waals surface area contributed by atoms with Gasteiger partial charge in [-0.25, -0.2) is 0 Å². The van der Waals surface area contributed by atoms with Crippen molar-refractivity contribution >= 4 is 60.9 Å². The van der Waals surface area contributed by atoms with Crippen LogP contribution in [0.3, 0.4) is 0 Å². The number of anilines is 3. The Morgan fingerprint density at radius 3 is 1.62 bits per heavy atom. The van der Waals surface area contributed by atoms with Crippen LogP contribution >= 0.6 is 0 Å². The molecule has 1 aliphatic rings. The first kappa shape index (κ1) is 36.3. The van der Waals surface area contributed by atoms with E-state index in [1.54, 1.807) is 0 Å². The molecule has 0 bridgehead atoms. The van der Waals surface area contributed by atoms with Gasteiger partial charge in [0.05, 0.1) is 10.8 Å². The average molecular weight is 818 g/mol. The van der Waals surface area contributed by atoms with E-state index in [1.807, 2.05) is 24.3 Å². The number of para-hydroxylation sites is 3. The molecule has 12 aromatic rings. The summed E-state index contributed by atoms with van der Waals surface area (Å²) in [6, 6.07) is 85.3. The number of hydrogen-bond donors (Lipinski definition) is 0. The normalized spacial score (nSPS) is 12.8. The van der Waals surface area contributed by atoms with Gasteiger partial charge in [-0.15, -0.1) is 0 Å². The van der Waals surface area contributed by atoms with Crippen molar-refractivity contribution in [3.63, 3.8) is 0 Å². The molecule has 300 valence electrons. The highest BCUT2D eigenvalue weighted by Gasteiger charge is 2.46. The molecule has 2 heterocycles. The molecule has 0 aliphatic heterocycles. The van der Waals surface area contributed by atoms with Crippen LogP contribution in [0.15, 0.2) is 245 Å². The Hall–Kier alpha value is -8.40. The van der Waals surface area contributed by atoms with Gasteiger partial charge in [0.15, 0.2) is 0 Å². The van der Waals surface area contributed by atoms with Crippen molar-refractivity contribution in [2.24, 2.45) is 0 Å². The lowest BCUT2D eigenvalue weighted by Gasteiger charge is -2.35. The summed E-state index contributed by atoms with van der Waals surface area (Å²) in [4.78, 5) is 2.38. The lowest BCUT2D eigenvalue weighted by Crippen LogP contribution is -2.28. The maximum Gasteiger partial charge on any atom is 0.147 e. The second kappa shape index (κ2) is 14.3. The maximum absolute atomic E-state index is 6.66. The van der Waals surface area contributed by atoms with Crippen molar-refractivity contribution in [3.8, 4) is 33.4 Å². The predicted octanol–water partition coefficient (Wildman–Crippen LogP) is 16.7. The van der Waals surface area contributed by atoms with Crippen molar-refractivity contribution in [1.29, 1.82) is 0 Å². The third kappa shape index (κ3) is 5.41. The van der Waals surface area contributed by atoms with Crippen LogP contribution in [0.4, 0.5) is 17.1 Å². The van der Waals surface area contributed by atoms with Gasteiger partial charge in [-0.1, -0.05) is 176 Å². The molecule has 0 fully saturated rings. The van der Waals surface area contributed by atoms with Crippen LogP contribution in [-0.2, 0) is 5.41 Å². The zero-order valence-corrected chi connectivity index (χ0v) is 34.8. The van der Waals surface area contributed by atoms with E-state index in [0.717, 1.165) is 83.2 Å². The number of rotatable bonds is 7. The van der Waals surface area contributed by atoms with Crippen LogP contribution in [0.5, 0.6) is 0 Å². The average Bonchev–Trinajstić information content (AvgIpc) is 4.03. The molecule has 0 saturated heterocycles. The molecule has 0 N–H and O–H groups in total. The van der Waals surface area contributed by atoms with E-state index in [1.165, 1.54) is 33.4 Å². The van der Waals surface area contributed by atoms with E-state index in [0.29, 0.717) is 0 Å². The van der Waals surface area contributed by atoms with Crippen molar-refractivity contribution in [2.75, 3.05) is 4.90 Å². The van der Waals surface area contributed by atoms with Gasteiger partial charge >= 0.3 is 0 Å². The minimum Gasteiger partial charge on any atom is -0.455 e. The van der Waals surface area contributed by atoms with Crippen LogP contribution in [0, 0.1) is 0 Å². The fraction of sp³-hybridized carbons (Fsp3) is 0.0164. The molecule has 3 nitrogen and oxygen atoms in total. The zero-order chi connectivity index (χ0) is 42.2. The molecule has 0 unspecified atom stereocenters. The SMILES string of the molecule is c1ccc(N(c2ccc(-c3cccc(-c4cc5c6ccccc6oc5c5c4oc4ccccc45)c3)cc2)c2ccc3c(c2)C(c2ccccc2)(c2ccccc2)c2ccccc2-3)cc1. The van der Waals surface area contributed by atoms with E-state index in [-0.39, 0.29) is 0 Å². The van der Waals surface area contributed by atoms with Gasteiger partial charge < -0.3 is 13.7 Å². The molecule has 13 rings (SSSR count). The third-order valence-electron chi connectivity index (χ3n) is 13.3. The molecule has 64 heavy (non-hydrogen) atoms. The van der Waals surface area contributed by atoms with Crippen molar-refractivity contribution < 1.29 is 8.83 Å². The summed E-state index contributed by atoms with van der Waals surface area (Å²) in [5.74, 6) is 0. The topological polar surface area (TPSA) is 29.5 Å². The molecular formula is C61H39NO2. The van der Waals surface area contributed by atoms with Gasteiger partial charge in [-0.2, -0.15) is 0 Å². The molecule has 0 atom stereocenters. The monoisotopic (exact) mass is 817 g/mol. The molecule has 0 saturated carbocycles. The summed E-state index contributed by atoms with van der Waals surface area (Å²) in [5, 5.41) is 4.24. The fourth-order valence-corrected chi connectivity index (χ4v) is 10.5. The zero-order valence-electron chi connectivity index (χ0n) is 34.8. The number of nitrogens with zero attached hydrogens (tertiary/aromatic N) is 1. The van der Waals surface area contributed by atoms with Gasteiger partial charge in [0.2, 0.25) is 0 Å². The summed E-state index contributed by atoms with van der Waals surface area (Å²) in [6.45, 7) is 0. The standard InChI is InChI=1S/C61H39NO2/c1-4-19-43(20-5-1)61(44-21-6-2-7-22-44)54-28-13-10-25-48(54)49-36-35-47(38-55(49)61)62(45-23-8-3-9-24-45)46-33-31-40(32-34-46)41-17-16-18-42(37-41)52-39-53-50-26-11-14-29-56(50)63-60(53)58-51-27-12-15-30-57(51)64-59(52)58/h1-39H. The molecule has 0 radical (unpaired) electrons. The molecule has 0 spiro atoms. The summed E-state index contributed by atoms with van der Waals surface area (Å²) in [7, 11) is 0. The number of hydrogen-bond acceptors (Lipinski definition) is 3. The van der Waals surface area contributed by atoms with Gasteiger partial charge in [0.1, 0.15) is 22.3 Å². The Labute approximate surface area is 370 Å². The van der Waals surface area contributed by atoms with Crippen molar-refractivity contribution in [1.82, 2.24) is 0 Å². The largest absolute Gasteiger partial charge is 0.455 e. The Morgan fingerprint density at radius 2 is 0.875 bits per heavy atom. The first-order valence-electron chi connectivity index (χ1n) is 21.9. The minimum atomic E-state index is -0.495. The number of benzene rings is 10. The lowest BCUT2D eigenvalue weighted by molar-refractivity contribution is 0.663. The maximum atomic E-state index is 6.66. The highest BCUT2D eigenvalue weighted by molar-refractivity contribution is 6.25. The second-order valence-electron chi connectivity index (χ2n) is 16.8. The van der Waals surface area contributed by atoms with Gasteiger partial charge in [-0.3, -0.25) is 0 Å². The lowest BCUT2D eigenvalue weighted by atomic mass is 9.67. The minimum absolute atomic E-state index is 0.495. The van der Waals surface area contributed by atoms with Crippen molar-refractivity contribution in [3.05, 3.63) is 259 Å². The van der Waals surface area contributed by atoms with Crippen LogP contribution < -0.4 is 4.90 Å². The first-order valence-corrected chi connectivity index (χ1v) is 21.9. The van der Waals surface area contributed by atoms with Crippen LogP contribution in [0.1, 0.15) is 22.3 Å². The van der Waals surface area contributed by atoms with Gasteiger partial charge in [-0.05, 0) is 111 Å². The molecule has 1 aliphatic carbocycles. The number of fused-ring (bicyclic) bond motifs is 10. The van der Waals surface area contributed by atoms with Crippen LogP contribution in [0.2, 0.25) is 0 Å². The summed E-state index contributed by atoms with van der Waals surface area (Å²) in [6.07, 6.45) is 0. The van der Waals surface area contributed by atoms with Crippen LogP contribution in [-0.4, -0.2) is 0 Å². The summed E-state index contributed by atoms with van der Waals surface area (Å²) < 4.78 is 13.2. The molecular weight excluding hydrogens is 779 g/mol. The van der Waals surface area contributed by atoms with Crippen LogP contribution in [0.25, 0.3) is 77.3 Å². The Kier molecular flexibility index (Phi) is 8.13. The summed E-state index contributed by atoms with van der Waals surface area (Å²) in [5.41, 5.74) is 18.2. The number of furan rings is 2. The smallest absolute Gasteiger partial charge is 0.147 e. The van der Waals surface area contributed by atoms with E-state index in [2.05, 4.69) is 217 Å². The second-order valence-corrected chi connectivity index (χ2v) is 16.8. The van der Waals surface area contributed by atoms with E-state index < -0.39 is 5.41 Å².